The maximum absolute atomic E-state index is 13.4. The lowest BCUT2D eigenvalue weighted by atomic mass is 10.0. The number of hydrogen-bond acceptors (Lipinski definition) is 0. The molecule has 47 heavy (non-hydrogen) atoms. The predicted octanol–water partition coefficient (Wildman–Crippen LogP) is 15.5. The normalized spacial score (nSPS) is 10.5. The van der Waals surface area contributed by atoms with Crippen LogP contribution >= 0.6 is 34.8 Å². The molecule has 0 unspecified atom stereocenters. The SMILES string of the molecule is C.Cc1cc(F)c(C(C)C)cc1Cl.Cc1ccc(C(C)C)c(F)c1Cl.Cc1ccc(C(C)C)cc1Cl.Cc1ccc(C(C)C)cc1F. The van der Waals surface area contributed by atoms with Crippen molar-refractivity contribution in [3.63, 3.8) is 0 Å². The van der Waals surface area contributed by atoms with E-state index < -0.39 is 0 Å². The number of halogens is 6. The topological polar surface area (TPSA) is 0 Å². The Kier molecular flexibility index (Phi) is 19.7. The smallest absolute Gasteiger partial charge is 0.145 e. The van der Waals surface area contributed by atoms with Gasteiger partial charge >= 0.3 is 0 Å². The first-order chi connectivity index (χ1) is 21.3. The molecule has 0 radical (unpaired) electrons. The van der Waals surface area contributed by atoms with Gasteiger partial charge in [0, 0.05) is 10.0 Å². The standard InChI is InChI=1S/2C10H12ClF.C10H13Cl.C10H13F.CH4/c1-6(2)8-5-9(11)7(3)4-10(8)12;1-6(2)8-5-4-7(3)9(11)10(8)12;2*1-7(2)9-5-4-8(3)10(11)6-9;/h2*4-6H,1-3H3;2*4-7H,1-3H3;1H4. The zero-order valence-electron chi connectivity index (χ0n) is 29.4. The molecule has 0 saturated carbocycles. The average molecular weight is 710 g/mol. The molecule has 0 aliphatic carbocycles. The Labute approximate surface area is 298 Å². The fraction of sp³-hybridized carbons (Fsp3) is 0.415. The van der Waals surface area contributed by atoms with Gasteiger partial charge in [-0.2, -0.15) is 0 Å². The zero-order valence-corrected chi connectivity index (χ0v) is 31.6. The van der Waals surface area contributed by atoms with Gasteiger partial charge in [-0.1, -0.05) is 134 Å². The van der Waals surface area contributed by atoms with Crippen molar-refractivity contribution in [2.24, 2.45) is 0 Å². The fourth-order valence-electron chi connectivity index (χ4n) is 4.15. The van der Waals surface area contributed by atoms with Crippen LogP contribution in [0.3, 0.4) is 0 Å². The van der Waals surface area contributed by atoms with E-state index in [9.17, 15) is 13.2 Å². The van der Waals surface area contributed by atoms with Gasteiger partial charge in [-0.05, 0) is 120 Å². The van der Waals surface area contributed by atoms with Crippen LogP contribution in [-0.4, -0.2) is 0 Å². The summed E-state index contributed by atoms with van der Waals surface area (Å²) in [6.07, 6.45) is 0. The molecule has 0 saturated heterocycles. The first-order valence-corrected chi connectivity index (χ1v) is 16.8. The summed E-state index contributed by atoms with van der Waals surface area (Å²) < 4.78 is 39.5. The zero-order chi connectivity index (χ0) is 35.5. The van der Waals surface area contributed by atoms with Gasteiger partial charge in [0.25, 0.3) is 0 Å². The number of benzene rings is 4. The van der Waals surface area contributed by atoms with E-state index in [-0.39, 0.29) is 41.7 Å². The van der Waals surface area contributed by atoms with Crippen molar-refractivity contribution in [1.29, 1.82) is 0 Å². The third-order valence-corrected chi connectivity index (χ3v) is 8.83. The Balaban J connectivity index is 0.000000597. The van der Waals surface area contributed by atoms with Gasteiger partial charge in [0.05, 0.1) is 5.02 Å². The highest BCUT2D eigenvalue weighted by Gasteiger charge is 2.11. The molecule has 0 aliphatic rings. The second kappa shape index (κ2) is 20.8. The molecule has 4 rings (SSSR count). The number of hydrogen-bond donors (Lipinski definition) is 0. The Bertz CT molecular complexity index is 1500. The molecule has 0 aliphatic heterocycles. The first-order valence-electron chi connectivity index (χ1n) is 15.7. The van der Waals surface area contributed by atoms with Gasteiger partial charge in [-0.15, -0.1) is 0 Å². The number of aryl methyl sites for hydroxylation is 4. The molecule has 0 bridgehead atoms. The van der Waals surface area contributed by atoms with Gasteiger partial charge < -0.3 is 0 Å². The summed E-state index contributed by atoms with van der Waals surface area (Å²) in [4.78, 5) is 0. The van der Waals surface area contributed by atoms with Gasteiger partial charge in [0.2, 0.25) is 0 Å². The lowest BCUT2D eigenvalue weighted by Gasteiger charge is -2.09. The van der Waals surface area contributed by atoms with Gasteiger partial charge in [-0.3, -0.25) is 0 Å². The van der Waals surface area contributed by atoms with E-state index in [4.69, 9.17) is 34.8 Å². The fourth-order valence-corrected chi connectivity index (χ4v) is 4.68. The molecular formula is C41H54Cl3F3. The van der Waals surface area contributed by atoms with Crippen LogP contribution in [0.25, 0.3) is 0 Å². The molecule has 0 atom stereocenters. The third-order valence-electron chi connectivity index (χ3n) is 7.55. The van der Waals surface area contributed by atoms with Crippen molar-refractivity contribution in [2.75, 3.05) is 0 Å². The van der Waals surface area contributed by atoms with E-state index in [1.54, 1.807) is 39.0 Å². The van der Waals surface area contributed by atoms with Crippen LogP contribution < -0.4 is 0 Å². The minimum Gasteiger partial charge on any atom is -0.207 e. The van der Waals surface area contributed by atoms with Crippen LogP contribution in [0.1, 0.15) is 131 Å². The van der Waals surface area contributed by atoms with E-state index in [1.165, 1.54) is 11.6 Å². The Hall–Kier alpha value is -2.46. The van der Waals surface area contributed by atoms with Crippen molar-refractivity contribution in [3.8, 4) is 0 Å². The Morgan fingerprint density at radius 1 is 0.447 bits per heavy atom. The summed E-state index contributed by atoms with van der Waals surface area (Å²) >= 11 is 17.6. The average Bonchev–Trinajstić information content (AvgIpc) is 2.97. The summed E-state index contributed by atoms with van der Waals surface area (Å²) in [5.74, 6) is 0.805. The predicted molar refractivity (Wildman–Crippen MR) is 203 cm³/mol. The lowest BCUT2D eigenvalue weighted by Crippen LogP contribution is -1.94. The van der Waals surface area contributed by atoms with E-state index in [1.807, 2.05) is 58.9 Å². The number of rotatable bonds is 4. The molecule has 0 nitrogen and oxygen atoms in total. The minimum absolute atomic E-state index is 0. The van der Waals surface area contributed by atoms with Gasteiger partial charge in [-0.25, -0.2) is 13.2 Å². The van der Waals surface area contributed by atoms with Crippen LogP contribution in [0.15, 0.2) is 60.7 Å². The second-order valence-electron chi connectivity index (χ2n) is 12.9. The summed E-state index contributed by atoms with van der Waals surface area (Å²) in [5.41, 5.74) is 7.19. The lowest BCUT2D eigenvalue weighted by molar-refractivity contribution is 0.597. The summed E-state index contributed by atoms with van der Waals surface area (Å²) in [6, 6.07) is 18.5. The molecule has 260 valence electrons. The molecule has 0 heterocycles. The van der Waals surface area contributed by atoms with Crippen LogP contribution in [0, 0.1) is 45.1 Å². The Morgan fingerprint density at radius 2 is 0.894 bits per heavy atom. The summed E-state index contributed by atoms with van der Waals surface area (Å²) in [6.45, 7) is 23.6. The van der Waals surface area contributed by atoms with Crippen molar-refractivity contribution in [1.82, 2.24) is 0 Å². The second-order valence-corrected chi connectivity index (χ2v) is 14.1. The minimum atomic E-state index is -0.272. The molecule has 4 aromatic carbocycles. The third kappa shape index (κ3) is 14.3. The maximum atomic E-state index is 13.4. The summed E-state index contributed by atoms with van der Waals surface area (Å²) in [7, 11) is 0. The van der Waals surface area contributed by atoms with Crippen LogP contribution in [-0.2, 0) is 0 Å². The van der Waals surface area contributed by atoms with Crippen LogP contribution in [0.2, 0.25) is 15.1 Å². The molecule has 0 aromatic heterocycles. The van der Waals surface area contributed by atoms with Crippen molar-refractivity contribution < 1.29 is 13.2 Å². The van der Waals surface area contributed by atoms with Crippen molar-refractivity contribution in [2.45, 2.75) is 114 Å². The molecular weight excluding hydrogens is 656 g/mol. The molecule has 6 heteroatoms. The van der Waals surface area contributed by atoms with E-state index in [2.05, 4.69) is 39.8 Å². The van der Waals surface area contributed by atoms with E-state index in [0.717, 1.165) is 32.8 Å². The molecule has 4 aromatic rings. The quantitative estimate of drug-likeness (QED) is 0.198. The van der Waals surface area contributed by atoms with Crippen molar-refractivity contribution in [3.05, 3.63) is 138 Å². The molecule has 0 amide bonds. The summed E-state index contributed by atoms with van der Waals surface area (Å²) in [5, 5.41) is 1.76. The highest BCUT2D eigenvalue weighted by atomic mass is 35.5. The highest BCUT2D eigenvalue weighted by Crippen LogP contribution is 2.27. The van der Waals surface area contributed by atoms with Crippen LogP contribution in [0.5, 0.6) is 0 Å². The monoisotopic (exact) mass is 708 g/mol. The van der Waals surface area contributed by atoms with Crippen LogP contribution in [0.4, 0.5) is 13.2 Å². The molecule has 0 fully saturated rings. The van der Waals surface area contributed by atoms with Gasteiger partial charge in [0.1, 0.15) is 17.5 Å². The van der Waals surface area contributed by atoms with Gasteiger partial charge in [0.15, 0.2) is 0 Å². The highest BCUT2D eigenvalue weighted by molar-refractivity contribution is 6.32. The van der Waals surface area contributed by atoms with E-state index >= 15 is 0 Å². The van der Waals surface area contributed by atoms with E-state index in [0.29, 0.717) is 28.0 Å². The van der Waals surface area contributed by atoms with Crippen molar-refractivity contribution >= 4 is 34.8 Å². The Morgan fingerprint density at radius 3 is 1.34 bits per heavy atom. The maximum Gasteiger partial charge on any atom is 0.145 e. The molecule has 0 N–H and O–H groups in total. The first kappa shape index (κ1) is 44.5. The largest absolute Gasteiger partial charge is 0.207 e. The molecule has 0 spiro atoms.